The number of phenols is 1. The van der Waals surface area contributed by atoms with E-state index in [1.54, 1.807) is 0 Å². The molecule has 0 radical (unpaired) electrons. The van der Waals surface area contributed by atoms with Crippen molar-refractivity contribution in [3.05, 3.63) is 70.3 Å². The van der Waals surface area contributed by atoms with E-state index in [4.69, 9.17) is 15.6 Å². The molecule has 0 atom stereocenters. The molecule has 0 aliphatic heterocycles. The summed E-state index contributed by atoms with van der Waals surface area (Å²) in [5.74, 6) is -1.35. The van der Waals surface area contributed by atoms with Crippen molar-refractivity contribution in [3.63, 3.8) is 0 Å². The van der Waals surface area contributed by atoms with Gasteiger partial charge in [0.1, 0.15) is 17.9 Å². The lowest BCUT2D eigenvalue weighted by atomic mass is 10.2. The van der Waals surface area contributed by atoms with E-state index in [-0.39, 0.29) is 51.3 Å². The molecule has 35 heavy (non-hydrogen) atoms. The van der Waals surface area contributed by atoms with Crippen LogP contribution in [0.4, 0.5) is 17.3 Å². The van der Waals surface area contributed by atoms with E-state index in [1.807, 2.05) is 0 Å². The number of hydrogen-bond donors (Lipinski definition) is 4. The number of ether oxygens (including phenoxy) is 1. The van der Waals surface area contributed by atoms with E-state index in [1.165, 1.54) is 48.7 Å². The second-order valence-corrected chi connectivity index (χ2v) is 8.56. The van der Waals surface area contributed by atoms with Crippen LogP contribution in [0.5, 0.6) is 5.75 Å². The highest BCUT2D eigenvalue weighted by Gasteiger charge is 2.15. The van der Waals surface area contributed by atoms with Gasteiger partial charge in [0.15, 0.2) is 11.2 Å². The molecule has 0 unspecified atom stereocenters. The van der Waals surface area contributed by atoms with Gasteiger partial charge in [0.2, 0.25) is 16.0 Å². The molecule has 4 rings (SSSR count). The standard InChI is InChI=1S/C20H16N8O6S/c21-20-25-17-16(18(30)26-20)24-12(8-23-17)9-34-19(31)14-7-11(3-6-15(14)29)28-27-10-1-4-13(5-2-10)35(22,32)33/h1-8,29H,9H2,(H2,22,32,33)(H3,21,23,25,26,30). The molecule has 0 spiro atoms. The number of hydrogen-bond acceptors (Lipinski definition) is 12. The Kier molecular flexibility index (Phi) is 6.18. The van der Waals surface area contributed by atoms with Gasteiger partial charge in [0.05, 0.1) is 28.2 Å². The average molecular weight is 496 g/mol. The normalized spacial score (nSPS) is 11.7. The second kappa shape index (κ2) is 9.24. The predicted molar refractivity (Wildman–Crippen MR) is 122 cm³/mol. The fourth-order valence-electron chi connectivity index (χ4n) is 2.83. The largest absolute Gasteiger partial charge is 0.507 e. The maximum absolute atomic E-state index is 12.5. The number of nitrogen functional groups attached to an aromatic ring is 1. The number of phenolic OH excluding ortho intramolecular Hbond substituents is 1. The minimum absolute atomic E-state index is 0.0383. The number of esters is 1. The number of rotatable bonds is 6. The van der Waals surface area contributed by atoms with E-state index in [0.717, 1.165) is 0 Å². The number of nitrogens with zero attached hydrogens (tertiary/aromatic N) is 5. The van der Waals surface area contributed by atoms with Gasteiger partial charge < -0.3 is 15.6 Å². The summed E-state index contributed by atoms with van der Waals surface area (Å²) in [6.45, 7) is -0.340. The van der Waals surface area contributed by atoms with Crippen molar-refractivity contribution < 1.29 is 23.1 Å². The van der Waals surface area contributed by atoms with Gasteiger partial charge in [-0.3, -0.25) is 9.78 Å². The Balaban J connectivity index is 1.48. The molecule has 0 aliphatic carbocycles. The number of fused-ring (bicyclic) bond motifs is 1. The van der Waals surface area contributed by atoms with E-state index < -0.39 is 21.6 Å². The van der Waals surface area contributed by atoms with Crippen LogP contribution in [0.15, 0.2) is 68.6 Å². The molecule has 15 heteroatoms. The van der Waals surface area contributed by atoms with Gasteiger partial charge in [0.25, 0.3) is 5.56 Å². The molecule has 0 saturated heterocycles. The molecular weight excluding hydrogens is 480 g/mol. The lowest BCUT2D eigenvalue weighted by molar-refractivity contribution is 0.0464. The van der Waals surface area contributed by atoms with E-state index in [0.29, 0.717) is 5.69 Å². The first-order chi connectivity index (χ1) is 16.6. The Morgan fingerprint density at radius 1 is 1.09 bits per heavy atom. The molecule has 0 aliphatic rings. The molecule has 2 heterocycles. The molecule has 0 saturated carbocycles. The van der Waals surface area contributed by atoms with Crippen LogP contribution in [0.1, 0.15) is 16.1 Å². The fraction of sp³-hybridized carbons (Fsp3) is 0.0500. The zero-order valence-corrected chi connectivity index (χ0v) is 18.4. The number of H-pyrrole nitrogens is 1. The van der Waals surface area contributed by atoms with Gasteiger partial charge in [-0.1, -0.05) is 0 Å². The summed E-state index contributed by atoms with van der Waals surface area (Å²) in [5, 5.41) is 23.0. The van der Waals surface area contributed by atoms with Crippen LogP contribution in [-0.4, -0.2) is 39.4 Å². The van der Waals surface area contributed by atoms with Crippen LogP contribution >= 0.6 is 0 Å². The van der Waals surface area contributed by atoms with Crippen LogP contribution < -0.4 is 16.4 Å². The molecule has 4 aromatic rings. The third-order valence-corrected chi connectivity index (χ3v) is 5.41. The number of sulfonamides is 1. The summed E-state index contributed by atoms with van der Waals surface area (Å²) in [5.41, 5.74) is 5.35. The van der Waals surface area contributed by atoms with Crippen molar-refractivity contribution in [3.8, 4) is 5.75 Å². The maximum Gasteiger partial charge on any atom is 0.342 e. The first-order valence-corrected chi connectivity index (χ1v) is 11.2. The van der Waals surface area contributed by atoms with Crippen LogP contribution in [0, 0.1) is 0 Å². The molecule has 2 aromatic heterocycles. The third-order valence-electron chi connectivity index (χ3n) is 4.48. The number of carbonyl (C=O) groups is 1. The van der Waals surface area contributed by atoms with Crippen molar-refractivity contribution in [1.82, 2.24) is 19.9 Å². The van der Waals surface area contributed by atoms with Gasteiger partial charge in [-0.05, 0) is 42.5 Å². The fourth-order valence-corrected chi connectivity index (χ4v) is 3.34. The Morgan fingerprint density at radius 2 is 1.77 bits per heavy atom. The zero-order chi connectivity index (χ0) is 25.2. The maximum atomic E-state index is 12.5. The van der Waals surface area contributed by atoms with Crippen molar-refractivity contribution in [1.29, 1.82) is 0 Å². The minimum Gasteiger partial charge on any atom is -0.507 e. The highest BCUT2D eigenvalue weighted by molar-refractivity contribution is 7.89. The number of nitrogens with one attached hydrogen (secondary N) is 1. The summed E-state index contributed by atoms with van der Waals surface area (Å²) in [4.78, 5) is 38.6. The average Bonchev–Trinajstić information content (AvgIpc) is 2.82. The van der Waals surface area contributed by atoms with Crippen molar-refractivity contribution in [2.75, 3.05) is 5.73 Å². The topological polar surface area (TPSA) is 229 Å². The summed E-state index contributed by atoms with van der Waals surface area (Å²) >= 11 is 0. The highest BCUT2D eigenvalue weighted by atomic mass is 32.2. The Morgan fingerprint density at radius 3 is 2.49 bits per heavy atom. The Labute approximate surface area is 196 Å². The molecule has 0 fully saturated rings. The van der Waals surface area contributed by atoms with Crippen LogP contribution in [0.2, 0.25) is 0 Å². The third kappa shape index (κ3) is 5.43. The molecular formula is C20H16N8O6S. The van der Waals surface area contributed by atoms with E-state index >= 15 is 0 Å². The first kappa shape index (κ1) is 23.4. The van der Waals surface area contributed by atoms with Crippen LogP contribution in [0.25, 0.3) is 11.2 Å². The number of anilines is 1. The molecule has 6 N–H and O–H groups in total. The molecule has 0 amide bonds. The van der Waals surface area contributed by atoms with Crippen molar-refractivity contribution >= 4 is 44.5 Å². The van der Waals surface area contributed by atoms with Gasteiger partial charge in [-0.25, -0.2) is 28.3 Å². The van der Waals surface area contributed by atoms with E-state index in [2.05, 4.69) is 30.2 Å². The number of azo groups is 1. The second-order valence-electron chi connectivity index (χ2n) is 7.00. The summed E-state index contributed by atoms with van der Waals surface area (Å²) in [7, 11) is -3.83. The number of aromatic amines is 1. The molecule has 178 valence electrons. The summed E-state index contributed by atoms with van der Waals surface area (Å²) in [6, 6.07) is 9.25. The number of carbonyl (C=O) groups excluding carboxylic acids is 1. The first-order valence-electron chi connectivity index (χ1n) is 9.66. The van der Waals surface area contributed by atoms with Gasteiger partial charge >= 0.3 is 5.97 Å². The van der Waals surface area contributed by atoms with Crippen molar-refractivity contribution in [2.24, 2.45) is 15.4 Å². The van der Waals surface area contributed by atoms with Gasteiger partial charge in [-0.15, -0.1) is 0 Å². The summed E-state index contributed by atoms with van der Waals surface area (Å²) < 4.78 is 27.8. The Bertz CT molecular complexity index is 1630. The molecule has 2 aromatic carbocycles. The highest BCUT2D eigenvalue weighted by Crippen LogP contribution is 2.26. The quantitative estimate of drug-likeness (QED) is 0.221. The molecule has 0 bridgehead atoms. The predicted octanol–water partition coefficient (Wildman–Crippen LogP) is 1.42. The number of aromatic hydroxyl groups is 1. The lowest BCUT2D eigenvalue weighted by Gasteiger charge is -2.07. The number of primary sulfonamides is 1. The smallest absolute Gasteiger partial charge is 0.342 e. The summed E-state index contributed by atoms with van der Waals surface area (Å²) in [6.07, 6.45) is 1.27. The molecule has 14 nitrogen and oxygen atoms in total. The monoisotopic (exact) mass is 496 g/mol. The van der Waals surface area contributed by atoms with Gasteiger partial charge in [-0.2, -0.15) is 15.2 Å². The zero-order valence-electron chi connectivity index (χ0n) is 17.6. The lowest BCUT2D eigenvalue weighted by Crippen LogP contribution is -2.15. The SMILES string of the molecule is Nc1nc2ncc(COC(=O)c3cc(N=Nc4ccc(S(N)(=O)=O)cc4)ccc3O)nc2c(=O)[nH]1. The van der Waals surface area contributed by atoms with Crippen molar-refractivity contribution in [2.45, 2.75) is 11.5 Å². The number of benzene rings is 2. The van der Waals surface area contributed by atoms with Crippen LogP contribution in [-0.2, 0) is 21.4 Å². The van der Waals surface area contributed by atoms with E-state index in [9.17, 15) is 23.1 Å². The number of nitrogens with two attached hydrogens (primary N) is 2. The van der Waals surface area contributed by atoms with Gasteiger partial charge in [0, 0.05) is 0 Å². The Hall–Kier alpha value is -4.76. The van der Waals surface area contributed by atoms with Crippen LogP contribution in [0.3, 0.4) is 0 Å². The minimum atomic E-state index is -3.83. The number of aromatic nitrogens is 4.